The standard InChI is InChI=1S/C22H17F3N4O2/c23-22(24,25)15-6-4-13(5-7-15)11-29-12-14(10-19(29)30)20-27-21(31-28-20)17-2-1-3-18-16(17)8-9-26-18/h1-9,14,26H,10-12H2. The molecule has 0 aliphatic carbocycles. The summed E-state index contributed by atoms with van der Waals surface area (Å²) in [6.45, 7) is 0.619. The fraction of sp³-hybridized carbons (Fsp3) is 0.227. The molecule has 1 aliphatic heterocycles. The summed E-state index contributed by atoms with van der Waals surface area (Å²) in [6.07, 6.45) is -2.32. The van der Waals surface area contributed by atoms with Gasteiger partial charge in [-0.05, 0) is 35.9 Å². The molecule has 1 amide bonds. The minimum atomic E-state index is -4.38. The van der Waals surface area contributed by atoms with E-state index in [2.05, 4.69) is 15.1 Å². The van der Waals surface area contributed by atoms with Gasteiger partial charge in [0.05, 0.1) is 5.56 Å². The summed E-state index contributed by atoms with van der Waals surface area (Å²) in [4.78, 5) is 21.7. The summed E-state index contributed by atoms with van der Waals surface area (Å²) < 4.78 is 43.6. The smallest absolute Gasteiger partial charge is 0.361 e. The minimum absolute atomic E-state index is 0.0935. The van der Waals surface area contributed by atoms with E-state index in [0.29, 0.717) is 23.8 Å². The average Bonchev–Trinajstić information content (AvgIpc) is 3.47. The van der Waals surface area contributed by atoms with E-state index >= 15 is 0 Å². The van der Waals surface area contributed by atoms with Gasteiger partial charge in [0.1, 0.15) is 0 Å². The second-order valence-electron chi connectivity index (χ2n) is 7.57. The van der Waals surface area contributed by atoms with E-state index in [1.54, 1.807) is 4.90 Å². The van der Waals surface area contributed by atoms with Crippen LogP contribution in [0.15, 0.2) is 59.3 Å². The molecule has 9 heteroatoms. The Balaban J connectivity index is 1.31. The van der Waals surface area contributed by atoms with Crippen molar-refractivity contribution in [1.82, 2.24) is 20.0 Å². The summed E-state index contributed by atoms with van der Waals surface area (Å²) in [5.41, 5.74) is 1.69. The molecule has 158 valence electrons. The van der Waals surface area contributed by atoms with Crippen molar-refractivity contribution in [1.29, 1.82) is 0 Å². The van der Waals surface area contributed by atoms with Crippen LogP contribution in [0.2, 0.25) is 0 Å². The maximum Gasteiger partial charge on any atom is 0.416 e. The van der Waals surface area contributed by atoms with Crippen molar-refractivity contribution in [2.45, 2.75) is 25.1 Å². The normalized spacial score (nSPS) is 17.1. The maximum absolute atomic E-state index is 12.7. The fourth-order valence-electron chi connectivity index (χ4n) is 3.90. The number of carbonyl (C=O) groups is 1. The Morgan fingerprint density at radius 2 is 1.94 bits per heavy atom. The average molecular weight is 426 g/mol. The summed E-state index contributed by atoms with van der Waals surface area (Å²) in [5.74, 6) is 0.508. The Bertz CT molecular complexity index is 1240. The molecule has 1 aliphatic rings. The lowest BCUT2D eigenvalue weighted by atomic mass is 10.1. The molecule has 0 radical (unpaired) electrons. The van der Waals surface area contributed by atoms with Crippen molar-refractivity contribution in [3.05, 3.63) is 71.7 Å². The molecule has 2 aromatic heterocycles. The van der Waals surface area contributed by atoms with Gasteiger partial charge in [0.15, 0.2) is 5.82 Å². The van der Waals surface area contributed by atoms with Crippen LogP contribution in [0.3, 0.4) is 0 Å². The zero-order chi connectivity index (χ0) is 21.6. The summed E-state index contributed by atoms with van der Waals surface area (Å²) >= 11 is 0. The molecular formula is C22H17F3N4O2. The number of likely N-dealkylation sites (tertiary alicyclic amines) is 1. The third-order valence-corrected chi connectivity index (χ3v) is 5.50. The molecule has 1 fully saturated rings. The van der Waals surface area contributed by atoms with Gasteiger partial charge in [0.25, 0.3) is 5.89 Å². The van der Waals surface area contributed by atoms with Gasteiger partial charge in [0, 0.05) is 48.1 Å². The maximum atomic E-state index is 12.7. The lowest BCUT2D eigenvalue weighted by Crippen LogP contribution is -2.24. The van der Waals surface area contributed by atoms with Crippen molar-refractivity contribution < 1.29 is 22.5 Å². The monoisotopic (exact) mass is 426 g/mol. The number of aromatic nitrogens is 3. The largest absolute Gasteiger partial charge is 0.416 e. The molecule has 1 N–H and O–H groups in total. The van der Waals surface area contributed by atoms with Gasteiger partial charge < -0.3 is 14.4 Å². The van der Waals surface area contributed by atoms with Crippen LogP contribution in [0.1, 0.15) is 29.3 Å². The second kappa shape index (κ2) is 7.26. The summed E-state index contributed by atoms with van der Waals surface area (Å²) in [7, 11) is 0. The van der Waals surface area contributed by atoms with Gasteiger partial charge in [-0.3, -0.25) is 4.79 Å². The van der Waals surface area contributed by atoms with Crippen molar-refractivity contribution in [3.8, 4) is 11.5 Å². The van der Waals surface area contributed by atoms with Crippen LogP contribution in [-0.4, -0.2) is 32.5 Å². The lowest BCUT2D eigenvalue weighted by Gasteiger charge is -2.16. The van der Waals surface area contributed by atoms with Crippen LogP contribution < -0.4 is 0 Å². The van der Waals surface area contributed by atoms with Gasteiger partial charge in [-0.15, -0.1) is 0 Å². The Kier molecular flexibility index (Phi) is 4.53. The van der Waals surface area contributed by atoms with E-state index in [1.807, 2.05) is 30.5 Å². The topological polar surface area (TPSA) is 75.0 Å². The van der Waals surface area contributed by atoms with Crippen LogP contribution in [0.4, 0.5) is 13.2 Å². The molecule has 6 nitrogen and oxygen atoms in total. The summed E-state index contributed by atoms with van der Waals surface area (Å²) in [5, 5.41) is 5.04. The van der Waals surface area contributed by atoms with E-state index in [9.17, 15) is 18.0 Å². The third kappa shape index (κ3) is 3.67. The zero-order valence-corrected chi connectivity index (χ0v) is 16.2. The highest BCUT2D eigenvalue weighted by molar-refractivity contribution is 5.92. The lowest BCUT2D eigenvalue weighted by molar-refractivity contribution is -0.137. The SMILES string of the molecule is O=C1CC(c2noc(-c3cccc4[nH]ccc34)n2)CN1Cc1ccc(C(F)(F)F)cc1. The first-order valence-corrected chi connectivity index (χ1v) is 9.72. The predicted octanol–water partition coefficient (Wildman–Crippen LogP) is 4.75. The molecule has 1 saturated heterocycles. The van der Waals surface area contributed by atoms with Gasteiger partial charge in [0.2, 0.25) is 5.91 Å². The molecule has 4 aromatic rings. The molecule has 5 rings (SSSR count). The van der Waals surface area contributed by atoms with E-state index in [1.165, 1.54) is 12.1 Å². The first-order valence-electron chi connectivity index (χ1n) is 9.72. The molecular weight excluding hydrogens is 409 g/mol. The highest BCUT2D eigenvalue weighted by atomic mass is 19.4. The van der Waals surface area contributed by atoms with Gasteiger partial charge in [-0.25, -0.2) is 0 Å². The minimum Gasteiger partial charge on any atom is -0.361 e. The van der Waals surface area contributed by atoms with Crippen molar-refractivity contribution in [2.75, 3.05) is 6.54 Å². The van der Waals surface area contributed by atoms with E-state index in [0.717, 1.165) is 28.6 Å². The van der Waals surface area contributed by atoms with Crippen LogP contribution in [0.25, 0.3) is 22.4 Å². The number of alkyl halides is 3. The number of halogens is 3. The zero-order valence-electron chi connectivity index (χ0n) is 16.2. The van der Waals surface area contributed by atoms with Crippen LogP contribution in [0.5, 0.6) is 0 Å². The fourth-order valence-corrected chi connectivity index (χ4v) is 3.90. The van der Waals surface area contributed by atoms with Crippen molar-refractivity contribution in [2.24, 2.45) is 0 Å². The van der Waals surface area contributed by atoms with Crippen molar-refractivity contribution in [3.63, 3.8) is 0 Å². The molecule has 0 spiro atoms. The van der Waals surface area contributed by atoms with Gasteiger partial charge in [-0.1, -0.05) is 23.4 Å². The Morgan fingerprint density at radius 3 is 2.71 bits per heavy atom. The number of H-pyrrole nitrogens is 1. The third-order valence-electron chi connectivity index (χ3n) is 5.50. The number of carbonyl (C=O) groups excluding carboxylic acids is 1. The van der Waals surface area contributed by atoms with E-state index < -0.39 is 11.7 Å². The van der Waals surface area contributed by atoms with Crippen LogP contribution >= 0.6 is 0 Å². The number of hydrogen-bond acceptors (Lipinski definition) is 4. The molecule has 31 heavy (non-hydrogen) atoms. The molecule has 2 aromatic carbocycles. The number of fused-ring (bicyclic) bond motifs is 1. The van der Waals surface area contributed by atoms with Gasteiger partial charge >= 0.3 is 6.18 Å². The molecule has 0 saturated carbocycles. The van der Waals surface area contributed by atoms with Crippen molar-refractivity contribution >= 4 is 16.8 Å². The van der Waals surface area contributed by atoms with E-state index in [4.69, 9.17) is 4.52 Å². The Labute approximate surface area is 174 Å². The van der Waals surface area contributed by atoms with Crippen LogP contribution in [0, 0.1) is 0 Å². The number of benzene rings is 2. The highest BCUT2D eigenvalue weighted by Gasteiger charge is 2.34. The Morgan fingerprint density at radius 1 is 1.13 bits per heavy atom. The Hall–Kier alpha value is -3.62. The number of nitrogens with zero attached hydrogens (tertiary/aromatic N) is 3. The molecule has 0 bridgehead atoms. The number of aromatic amines is 1. The van der Waals surface area contributed by atoms with E-state index in [-0.39, 0.29) is 24.8 Å². The highest BCUT2D eigenvalue weighted by Crippen LogP contribution is 2.32. The molecule has 1 unspecified atom stereocenters. The molecule has 3 heterocycles. The van der Waals surface area contributed by atoms with Gasteiger partial charge in [-0.2, -0.15) is 18.2 Å². The predicted molar refractivity (Wildman–Crippen MR) is 106 cm³/mol. The number of amides is 1. The molecule has 1 atom stereocenters. The first-order chi connectivity index (χ1) is 14.9. The summed E-state index contributed by atoms with van der Waals surface area (Å²) in [6, 6.07) is 12.5. The number of rotatable bonds is 4. The second-order valence-corrected chi connectivity index (χ2v) is 7.57. The quantitative estimate of drug-likeness (QED) is 0.511. The first kappa shape index (κ1) is 19.3. The number of hydrogen-bond donors (Lipinski definition) is 1. The number of nitrogens with one attached hydrogen (secondary N) is 1. The van der Waals surface area contributed by atoms with Crippen LogP contribution in [-0.2, 0) is 17.5 Å².